The molecule has 1 aromatic carbocycles. The van der Waals surface area contributed by atoms with Crippen molar-refractivity contribution in [3.05, 3.63) is 30.3 Å². The fourth-order valence-corrected chi connectivity index (χ4v) is 0.534. The van der Waals surface area contributed by atoms with E-state index < -0.39 is 0 Å². The number of carbonyl (C=O) groups is 1. The van der Waals surface area contributed by atoms with E-state index >= 15 is 0 Å². The lowest BCUT2D eigenvalue weighted by atomic mass is 10.3. The second-order valence-corrected chi connectivity index (χ2v) is 1.84. The first kappa shape index (κ1) is 14.3. The third-order valence-electron chi connectivity index (χ3n) is 1.04. The monoisotopic (exact) mass is 204 g/mol. The Hall–Kier alpha value is -1.26. The molecule has 0 atom stereocenters. The molecule has 0 aliphatic heterocycles. The minimum Gasteiger partial charge on any atom is -0.471 e. The van der Waals surface area contributed by atoms with Crippen LogP contribution in [0.3, 0.4) is 0 Å². The van der Waals surface area contributed by atoms with Crippen molar-refractivity contribution in [2.75, 3.05) is 12.5 Å². The minimum atomic E-state index is 0. The van der Waals surface area contributed by atoms with Crippen molar-refractivity contribution >= 4 is 24.6 Å². The number of nitrogens with two attached hydrogens (primary N) is 1. The molecule has 0 aliphatic carbocycles. The van der Waals surface area contributed by atoms with E-state index in [1.54, 1.807) is 0 Å². The van der Waals surface area contributed by atoms with Gasteiger partial charge in [-0.1, -0.05) is 18.2 Å². The normalized spacial score (nSPS) is 6.92. The largest absolute Gasteiger partial charge is 0.471 e. The molecule has 0 radical (unpaired) electrons. The molecule has 74 valence electrons. The number of hydrogen-bond acceptors (Lipinski definition) is 4. The van der Waals surface area contributed by atoms with Crippen molar-refractivity contribution in [1.82, 2.24) is 0 Å². The van der Waals surface area contributed by atoms with Crippen LogP contribution < -0.4 is 11.3 Å². The van der Waals surface area contributed by atoms with Crippen molar-refractivity contribution < 1.29 is 9.53 Å². The number of hydrogen-bond donors (Lipinski definition) is 2. The number of carbonyl (C=O) groups excluding carboxylic acids is 1. The summed E-state index contributed by atoms with van der Waals surface area (Å²) >= 11 is 0. The highest BCUT2D eigenvalue weighted by Gasteiger charge is 1.78. The maximum absolute atomic E-state index is 8.95. The summed E-state index contributed by atoms with van der Waals surface area (Å²) < 4.78 is 3.86. The summed E-state index contributed by atoms with van der Waals surface area (Å²) in [6.45, 7) is 0.375. The summed E-state index contributed by atoms with van der Waals surface area (Å²) in [5.41, 5.74) is 3.46. The fraction of sp³-hybridized carbons (Fsp3) is 0.125. The lowest BCUT2D eigenvalue weighted by molar-refractivity contribution is -0.126. The number of rotatable bonds is 2. The van der Waals surface area contributed by atoms with Gasteiger partial charge in [0.05, 0.1) is 7.11 Å². The Bertz CT molecular complexity index is 207. The molecule has 4 nitrogen and oxygen atoms in total. The van der Waals surface area contributed by atoms with Crippen LogP contribution in [-0.4, -0.2) is 13.6 Å². The van der Waals surface area contributed by atoms with Gasteiger partial charge >= 0.3 is 0 Å². The van der Waals surface area contributed by atoms with Crippen LogP contribution in [0, 0.1) is 0 Å². The van der Waals surface area contributed by atoms with Gasteiger partial charge in [-0.2, -0.15) is 0 Å². The predicted molar refractivity (Wildman–Crippen MR) is 54.6 cm³/mol. The third kappa shape index (κ3) is 8.65. The molecular weight excluding hydrogens is 192 g/mol. The van der Waals surface area contributed by atoms with Crippen LogP contribution in [-0.2, 0) is 9.53 Å². The third-order valence-corrected chi connectivity index (χ3v) is 1.04. The topological polar surface area (TPSA) is 64.3 Å². The maximum atomic E-state index is 8.95. The maximum Gasteiger partial charge on any atom is 0.292 e. The molecule has 0 unspecified atom stereocenters. The molecule has 0 aromatic heterocycles. The Morgan fingerprint density at radius 1 is 1.38 bits per heavy atom. The number of benzene rings is 1. The van der Waals surface area contributed by atoms with E-state index in [-0.39, 0.29) is 12.4 Å². The van der Waals surface area contributed by atoms with Gasteiger partial charge in [-0.25, -0.2) is 0 Å². The second kappa shape index (κ2) is 10.7. The highest BCUT2D eigenvalue weighted by Crippen LogP contribution is 2.00. The predicted octanol–water partition coefficient (Wildman–Crippen LogP) is 1.18. The van der Waals surface area contributed by atoms with Gasteiger partial charge in [-0.3, -0.25) is 10.6 Å². The summed E-state index contributed by atoms with van der Waals surface area (Å²) in [5.74, 6) is 5.10. The number of hydrazine groups is 1. The van der Waals surface area contributed by atoms with E-state index in [0.29, 0.717) is 6.47 Å². The smallest absolute Gasteiger partial charge is 0.292 e. The molecule has 5 heteroatoms. The van der Waals surface area contributed by atoms with E-state index in [1.165, 1.54) is 7.11 Å². The van der Waals surface area contributed by atoms with Crippen molar-refractivity contribution in [1.29, 1.82) is 0 Å². The summed E-state index contributed by atoms with van der Waals surface area (Å²) in [6, 6.07) is 9.60. The number of methoxy groups -OCH3 is 1. The van der Waals surface area contributed by atoms with Gasteiger partial charge in [0.25, 0.3) is 6.47 Å². The molecule has 13 heavy (non-hydrogen) atoms. The second-order valence-electron chi connectivity index (χ2n) is 1.84. The van der Waals surface area contributed by atoms with E-state index in [2.05, 4.69) is 10.2 Å². The molecular formula is C8H13ClN2O2. The Labute approximate surface area is 83.5 Å². The quantitative estimate of drug-likeness (QED) is 0.432. The summed E-state index contributed by atoms with van der Waals surface area (Å²) in [4.78, 5) is 8.95. The van der Waals surface area contributed by atoms with E-state index in [9.17, 15) is 0 Å². The Morgan fingerprint density at radius 2 is 1.85 bits per heavy atom. The molecule has 0 aliphatic rings. The van der Waals surface area contributed by atoms with Crippen molar-refractivity contribution in [2.45, 2.75) is 0 Å². The fourth-order valence-electron chi connectivity index (χ4n) is 0.534. The van der Waals surface area contributed by atoms with Gasteiger partial charge < -0.3 is 10.2 Å². The van der Waals surface area contributed by atoms with Gasteiger partial charge in [0.15, 0.2) is 0 Å². The van der Waals surface area contributed by atoms with Crippen molar-refractivity contribution in [3.8, 4) is 0 Å². The molecule has 1 aromatic rings. The molecule has 3 N–H and O–H groups in total. The van der Waals surface area contributed by atoms with Crippen LogP contribution in [0.1, 0.15) is 0 Å². The average molecular weight is 205 g/mol. The SMILES string of the molecule is COC=O.Cl.NNc1ccccc1. The van der Waals surface area contributed by atoms with Gasteiger partial charge in [0, 0.05) is 5.69 Å². The molecule has 0 fully saturated rings. The number of nitrogen functional groups attached to an aromatic ring is 1. The number of para-hydroxylation sites is 1. The van der Waals surface area contributed by atoms with Crippen LogP contribution in [0.5, 0.6) is 0 Å². The van der Waals surface area contributed by atoms with Crippen LogP contribution in [0.15, 0.2) is 30.3 Å². The molecule has 0 heterocycles. The molecule has 0 bridgehead atoms. The van der Waals surface area contributed by atoms with Gasteiger partial charge in [-0.15, -0.1) is 12.4 Å². The first-order valence-corrected chi connectivity index (χ1v) is 3.33. The van der Waals surface area contributed by atoms with Gasteiger partial charge in [0.1, 0.15) is 0 Å². The van der Waals surface area contributed by atoms with E-state index in [1.807, 2.05) is 30.3 Å². The molecule has 0 saturated carbocycles. The lowest BCUT2D eigenvalue weighted by Gasteiger charge is -1.94. The van der Waals surface area contributed by atoms with Crippen LogP contribution in [0.2, 0.25) is 0 Å². The Morgan fingerprint density at radius 3 is 2.08 bits per heavy atom. The molecule has 0 saturated heterocycles. The number of halogens is 1. The van der Waals surface area contributed by atoms with Gasteiger partial charge in [-0.05, 0) is 12.1 Å². The highest BCUT2D eigenvalue weighted by molar-refractivity contribution is 5.85. The molecule has 0 amide bonds. The minimum absolute atomic E-state index is 0. The lowest BCUT2D eigenvalue weighted by Crippen LogP contribution is -2.05. The zero-order valence-electron chi connectivity index (χ0n) is 7.27. The van der Waals surface area contributed by atoms with Gasteiger partial charge in [0.2, 0.25) is 0 Å². The van der Waals surface area contributed by atoms with E-state index in [4.69, 9.17) is 10.6 Å². The Balaban J connectivity index is 0. The van der Waals surface area contributed by atoms with E-state index in [0.717, 1.165) is 5.69 Å². The van der Waals surface area contributed by atoms with Crippen LogP contribution >= 0.6 is 12.4 Å². The summed E-state index contributed by atoms with van der Waals surface area (Å²) in [6.07, 6.45) is 0. The average Bonchev–Trinajstić information content (AvgIpc) is 2.19. The van der Waals surface area contributed by atoms with Crippen molar-refractivity contribution in [2.24, 2.45) is 5.84 Å². The number of anilines is 1. The zero-order valence-corrected chi connectivity index (χ0v) is 8.08. The highest BCUT2D eigenvalue weighted by atomic mass is 35.5. The molecule has 0 spiro atoms. The summed E-state index contributed by atoms with van der Waals surface area (Å²) in [7, 11) is 1.31. The van der Waals surface area contributed by atoms with Crippen molar-refractivity contribution in [3.63, 3.8) is 0 Å². The Kier molecular flexibility index (Phi) is 11.8. The number of ether oxygens (including phenoxy) is 1. The van der Waals surface area contributed by atoms with Crippen LogP contribution in [0.25, 0.3) is 0 Å². The summed E-state index contributed by atoms with van der Waals surface area (Å²) in [5, 5.41) is 0. The number of nitrogens with one attached hydrogen (secondary N) is 1. The first-order valence-electron chi connectivity index (χ1n) is 3.33. The molecule has 1 rings (SSSR count). The zero-order chi connectivity index (χ0) is 9.23. The van der Waals surface area contributed by atoms with Crippen LogP contribution in [0.4, 0.5) is 5.69 Å². The standard InChI is InChI=1S/C6H8N2.C2H4O2.ClH/c7-8-6-4-2-1-3-5-6;1-4-2-3;/h1-5,8H,7H2;2H,1H3;1H. The first-order chi connectivity index (χ1) is 5.85.